The van der Waals surface area contributed by atoms with Crippen molar-refractivity contribution in [2.45, 2.75) is 38.6 Å². The van der Waals surface area contributed by atoms with Crippen LogP contribution in [0.2, 0.25) is 0 Å². The normalized spacial score (nSPS) is 22.7. The molecule has 31 heavy (non-hydrogen) atoms. The van der Waals surface area contributed by atoms with Gasteiger partial charge in [-0.15, -0.1) is 0 Å². The first-order valence-electron chi connectivity index (χ1n) is 10.7. The van der Waals surface area contributed by atoms with E-state index in [1.807, 2.05) is 48.1 Å². The molecule has 2 aromatic rings. The lowest BCUT2D eigenvalue weighted by atomic mass is 10.1. The summed E-state index contributed by atoms with van der Waals surface area (Å²) in [6, 6.07) is 9.65. The molecule has 1 aromatic carbocycles. The Bertz CT molecular complexity index is 1060. The van der Waals surface area contributed by atoms with Gasteiger partial charge in [0, 0.05) is 31.7 Å². The van der Waals surface area contributed by atoms with Crippen LogP contribution in [-0.2, 0) is 25.8 Å². The van der Waals surface area contributed by atoms with E-state index in [1.165, 1.54) is 0 Å². The number of rotatable bonds is 7. The molecular formula is C22H28N4O4S. The lowest BCUT2D eigenvalue weighted by Gasteiger charge is -2.22. The van der Waals surface area contributed by atoms with Crippen LogP contribution in [0.5, 0.6) is 0 Å². The van der Waals surface area contributed by atoms with Crippen LogP contribution in [0.3, 0.4) is 0 Å². The number of hydrogen-bond donors (Lipinski definition) is 1. The maximum Gasteiger partial charge on any atom is 0.225 e. The predicted molar refractivity (Wildman–Crippen MR) is 117 cm³/mol. The lowest BCUT2D eigenvalue weighted by Crippen LogP contribution is -2.39. The van der Waals surface area contributed by atoms with Crippen molar-refractivity contribution in [3.8, 4) is 5.69 Å². The van der Waals surface area contributed by atoms with Gasteiger partial charge in [-0.25, -0.2) is 13.1 Å². The number of aryl methyl sites for hydroxylation is 2. The minimum atomic E-state index is -3.06. The van der Waals surface area contributed by atoms with Crippen LogP contribution in [0.15, 0.2) is 36.5 Å². The molecule has 2 aliphatic rings. The van der Waals surface area contributed by atoms with Gasteiger partial charge in [0.1, 0.15) is 0 Å². The van der Waals surface area contributed by atoms with Gasteiger partial charge in [-0.3, -0.25) is 9.59 Å². The summed E-state index contributed by atoms with van der Waals surface area (Å²) in [5.74, 6) is -0.514. The van der Waals surface area contributed by atoms with Gasteiger partial charge in [0.05, 0.1) is 28.8 Å². The number of sulfone groups is 1. The van der Waals surface area contributed by atoms with Crippen LogP contribution in [0, 0.1) is 12.8 Å². The average Bonchev–Trinajstić information content (AvgIpc) is 3.42. The second-order valence-electron chi connectivity index (χ2n) is 8.42. The first kappa shape index (κ1) is 21.5. The van der Waals surface area contributed by atoms with Crippen LogP contribution in [0.25, 0.3) is 5.69 Å². The number of likely N-dealkylation sites (tertiary alicyclic amines) is 1. The van der Waals surface area contributed by atoms with Crippen LogP contribution >= 0.6 is 0 Å². The van der Waals surface area contributed by atoms with Crippen LogP contribution in [0.1, 0.15) is 30.5 Å². The number of carbonyl (C=O) groups excluding carboxylic acids is 2. The van der Waals surface area contributed by atoms with Crippen molar-refractivity contribution < 1.29 is 18.0 Å². The smallest absolute Gasteiger partial charge is 0.225 e. The van der Waals surface area contributed by atoms with Crippen molar-refractivity contribution in [1.82, 2.24) is 20.0 Å². The van der Waals surface area contributed by atoms with Crippen molar-refractivity contribution in [1.29, 1.82) is 0 Å². The molecule has 0 unspecified atom stereocenters. The SMILES string of the molecule is Cc1nn(-c2ccccc2)cc1CCCNC(=O)[C@@H]1CC(=O)N([C@@H]2CCS(=O)(=O)C2)C1. The average molecular weight is 445 g/mol. The summed E-state index contributed by atoms with van der Waals surface area (Å²) in [5, 5.41) is 7.50. The molecule has 0 saturated carbocycles. The molecule has 3 heterocycles. The first-order chi connectivity index (χ1) is 14.8. The van der Waals surface area contributed by atoms with E-state index in [1.54, 1.807) is 4.90 Å². The summed E-state index contributed by atoms with van der Waals surface area (Å²) in [6.07, 6.45) is 4.23. The first-order valence-corrected chi connectivity index (χ1v) is 12.5. The van der Waals surface area contributed by atoms with Gasteiger partial charge in [-0.05, 0) is 43.9 Å². The highest BCUT2D eigenvalue weighted by Gasteiger charge is 2.41. The van der Waals surface area contributed by atoms with Crippen LogP contribution < -0.4 is 5.32 Å². The van der Waals surface area contributed by atoms with Gasteiger partial charge in [-0.2, -0.15) is 5.10 Å². The zero-order chi connectivity index (χ0) is 22.0. The summed E-state index contributed by atoms with van der Waals surface area (Å²) in [7, 11) is -3.06. The molecule has 0 spiro atoms. The fourth-order valence-electron chi connectivity index (χ4n) is 4.37. The third-order valence-corrected chi connectivity index (χ3v) is 7.87. The Kier molecular flexibility index (Phi) is 6.13. The summed E-state index contributed by atoms with van der Waals surface area (Å²) >= 11 is 0. The number of aromatic nitrogens is 2. The second kappa shape index (κ2) is 8.82. The molecule has 0 aliphatic carbocycles. The molecule has 2 fully saturated rings. The largest absolute Gasteiger partial charge is 0.356 e. The molecule has 2 amide bonds. The van der Waals surface area contributed by atoms with E-state index in [0.717, 1.165) is 29.8 Å². The maximum absolute atomic E-state index is 12.5. The van der Waals surface area contributed by atoms with Gasteiger partial charge in [0.25, 0.3) is 0 Å². The van der Waals surface area contributed by atoms with Crippen LogP contribution in [-0.4, -0.2) is 65.5 Å². The van der Waals surface area contributed by atoms with Crippen molar-refractivity contribution in [2.75, 3.05) is 24.6 Å². The number of benzene rings is 1. The molecule has 1 aromatic heterocycles. The number of carbonyl (C=O) groups is 2. The Hall–Kier alpha value is -2.68. The standard InChI is InChI=1S/C22H28N4O4S/c1-16-17(14-26(24-16)19-7-3-2-4-8-19)6-5-10-23-22(28)18-12-21(27)25(13-18)20-9-11-31(29,30)15-20/h2-4,7-8,14,18,20H,5-6,9-13,15H2,1H3,(H,23,28)/t18-,20-/m1/s1. The molecule has 9 heteroatoms. The third-order valence-electron chi connectivity index (χ3n) is 6.12. The van der Waals surface area contributed by atoms with Crippen molar-refractivity contribution >= 4 is 21.7 Å². The van der Waals surface area contributed by atoms with E-state index in [9.17, 15) is 18.0 Å². The lowest BCUT2D eigenvalue weighted by molar-refractivity contribution is -0.130. The van der Waals surface area contributed by atoms with E-state index < -0.39 is 15.8 Å². The quantitative estimate of drug-likeness (QED) is 0.648. The van der Waals surface area contributed by atoms with E-state index in [-0.39, 0.29) is 35.8 Å². The number of nitrogens with zero attached hydrogens (tertiary/aromatic N) is 3. The van der Waals surface area contributed by atoms with Crippen molar-refractivity contribution in [3.63, 3.8) is 0 Å². The Balaban J connectivity index is 1.24. The van der Waals surface area contributed by atoms with E-state index >= 15 is 0 Å². The summed E-state index contributed by atoms with van der Waals surface area (Å²) < 4.78 is 25.3. The highest BCUT2D eigenvalue weighted by atomic mass is 32.2. The molecule has 1 N–H and O–H groups in total. The fraction of sp³-hybridized carbons (Fsp3) is 0.500. The van der Waals surface area contributed by atoms with Crippen molar-refractivity contribution in [3.05, 3.63) is 47.8 Å². The molecule has 166 valence electrons. The zero-order valence-electron chi connectivity index (χ0n) is 17.7. The Morgan fingerprint density at radius 3 is 2.74 bits per heavy atom. The third kappa shape index (κ3) is 4.98. The van der Waals surface area contributed by atoms with Gasteiger partial charge in [-0.1, -0.05) is 18.2 Å². The highest BCUT2D eigenvalue weighted by molar-refractivity contribution is 7.91. The van der Waals surface area contributed by atoms with Gasteiger partial charge in [0.2, 0.25) is 11.8 Å². The van der Waals surface area contributed by atoms with E-state index in [2.05, 4.69) is 10.4 Å². The Morgan fingerprint density at radius 2 is 2.03 bits per heavy atom. The monoisotopic (exact) mass is 444 g/mol. The maximum atomic E-state index is 12.5. The minimum absolute atomic E-state index is 0.0170. The summed E-state index contributed by atoms with van der Waals surface area (Å²) in [4.78, 5) is 26.4. The predicted octanol–water partition coefficient (Wildman–Crippen LogP) is 1.27. The Morgan fingerprint density at radius 1 is 1.26 bits per heavy atom. The van der Waals surface area contributed by atoms with Gasteiger partial charge < -0.3 is 10.2 Å². The summed E-state index contributed by atoms with van der Waals surface area (Å²) in [5.41, 5.74) is 3.12. The molecular weight excluding hydrogens is 416 g/mol. The van der Waals surface area contributed by atoms with E-state index in [4.69, 9.17) is 0 Å². The van der Waals surface area contributed by atoms with E-state index in [0.29, 0.717) is 19.5 Å². The molecule has 4 rings (SSSR count). The van der Waals surface area contributed by atoms with Gasteiger partial charge in [0.15, 0.2) is 9.84 Å². The van der Waals surface area contributed by atoms with Crippen LogP contribution in [0.4, 0.5) is 0 Å². The number of hydrogen-bond acceptors (Lipinski definition) is 5. The molecule has 2 saturated heterocycles. The molecule has 2 atom stereocenters. The number of para-hydroxylation sites is 1. The molecule has 2 aliphatic heterocycles. The van der Waals surface area contributed by atoms with Gasteiger partial charge >= 0.3 is 0 Å². The zero-order valence-corrected chi connectivity index (χ0v) is 18.5. The number of amides is 2. The van der Waals surface area contributed by atoms with Crippen molar-refractivity contribution in [2.24, 2.45) is 5.92 Å². The highest BCUT2D eigenvalue weighted by Crippen LogP contribution is 2.26. The number of nitrogens with one attached hydrogen (secondary N) is 1. The molecule has 8 nitrogen and oxygen atoms in total. The molecule has 0 radical (unpaired) electrons. The second-order valence-corrected chi connectivity index (χ2v) is 10.6. The summed E-state index contributed by atoms with van der Waals surface area (Å²) in [6.45, 7) is 2.82. The fourth-order valence-corrected chi connectivity index (χ4v) is 6.10. The minimum Gasteiger partial charge on any atom is -0.356 e. The molecule has 0 bridgehead atoms. The Labute approximate surface area is 182 Å². The topological polar surface area (TPSA) is 101 Å².